The van der Waals surface area contributed by atoms with Crippen molar-refractivity contribution >= 4 is 29.9 Å². The van der Waals surface area contributed by atoms with Gasteiger partial charge in [0.1, 0.15) is 17.9 Å². The van der Waals surface area contributed by atoms with Crippen molar-refractivity contribution in [2.45, 2.75) is 103 Å². The third-order valence-corrected chi connectivity index (χ3v) is 8.95. The number of aliphatic hydroxyl groups excluding tert-OH is 1. The first-order valence-electron chi connectivity index (χ1n) is 14.6. The third kappa shape index (κ3) is 7.42. The molecule has 4 atom stereocenters. The van der Waals surface area contributed by atoms with Gasteiger partial charge in [0.05, 0.1) is 5.60 Å². The lowest BCUT2D eigenvalue weighted by atomic mass is 9.67. The van der Waals surface area contributed by atoms with E-state index in [2.05, 4.69) is 5.32 Å². The molecule has 0 aromatic heterocycles. The molecule has 1 aromatic rings. The zero-order valence-electron chi connectivity index (χ0n) is 25.6. The number of nitrogens with one attached hydrogen (secondary N) is 1. The number of benzene rings is 1. The second kappa shape index (κ2) is 12.6. The van der Waals surface area contributed by atoms with Gasteiger partial charge in [0.25, 0.3) is 0 Å². The van der Waals surface area contributed by atoms with Crippen LogP contribution in [-0.2, 0) is 19.9 Å². The van der Waals surface area contributed by atoms with E-state index in [1.165, 1.54) is 0 Å². The van der Waals surface area contributed by atoms with Crippen LogP contribution in [-0.4, -0.2) is 75.4 Å². The molecule has 3 N–H and O–H groups in total. The Hall–Kier alpha value is -2.20. The van der Waals surface area contributed by atoms with Gasteiger partial charge in [-0.1, -0.05) is 51.4 Å². The Morgan fingerprint density at radius 3 is 2.37 bits per heavy atom. The zero-order chi connectivity index (χ0) is 30.8. The quantitative estimate of drug-likeness (QED) is 0.356. The van der Waals surface area contributed by atoms with Crippen molar-refractivity contribution in [3.05, 3.63) is 34.9 Å². The first kappa shape index (κ1) is 33.3. The standard InChI is InChI=1S/C31H48ClN3O6/c1-21(2)25(19-37)35(34-16-14-31(40,29(6,7)20-34)23-8-10-24(32)11-9-23)26(38)22-12-13-30(18-22,15-17-36)33-27(39)41-28(3,4)5/h8-11,19,21-22,25,36,40H,12-18,20H2,1-7H3,(H,33,39)/t22-,25+,30?,31+/m1/s1. The van der Waals surface area contributed by atoms with Crippen LogP contribution in [0.3, 0.4) is 0 Å². The number of amides is 2. The van der Waals surface area contributed by atoms with Gasteiger partial charge < -0.3 is 25.1 Å². The molecule has 2 aliphatic rings. The number of hydrogen-bond donors (Lipinski definition) is 3. The Morgan fingerprint density at radius 1 is 1.22 bits per heavy atom. The number of carbonyl (C=O) groups is 3. The Bertz CT molecular complexity index is 1090. The first-order chi connectivity index (χ1) is 19.0. The highest BCUT2D eigenvalue weighted by Gasteiger charge is 2.52. The van der Waals surface area contributed by atoms with Crippen LogP contribution in [0.15, 0.2) is 24.3 Å². The number of hydrogen-bond acceptors (Lipinski definition) is 7. The molecule has 1 aliphatic carbocycles. The van der Waals surface area contributed by atoms with Crippen LogP contribution >= 0.6 is 11.6 Å². The van der Waals surface area contributed by atoms with Crippen molar-refractivity contribution in [1.82, 2.24) is 15.3 Å². The summed E-state index contributed by atoms with van der Waals surface area (Å²) in [5, 5.41) is 28.8. The minimum atomic E-state index is -1.15. The number of alkyl carbamates (subject to hydrolysis) is 1. The van der Waals surface area contributed by atoms with Crippen molar-refractivity contribution in [2.75, 3.05) is 19.7 Å². The highest BCUT2D eigenvalue weighted by atomic mass is 35.5. The summed E-state index contributed by atoms with van der Waals surface area (Å²) in [6.07, 6.45) is 2.23. The van der Waals surface area contributed by atoms with E-state index >= 15 is 0 Å². The number of aldehydes is 1. The molecule has 0 spiro atoms. The van der Waals surface area contributed by atoms with E-state index < -0.39 is 40.2 Å². The van der Waals surface area contributed by atoms with Crippen molar-refractivity contribution in [3.8, 4) is 0 Å². The van der Waals surface area contributed by atoms with Crippen LogP contribution in [0.4, 0.5) is 4.79 Å². The average molecular weight is 594 g/mol. The van der Waals surface area contributed by atoms with E-state index in [1.54, 1.807) is 37.9 Å². The van der Waals surface area contributed by atoms with Crippen LogP contribution in [0.2, 0.25) is 5.02 Å². The molecule has 1 aliphatic heterocycles. The van der Waals surface area contributed by atoms with Crippen LogP contribution in [0.25, 0.3) is 0 Å². The minimum Gasteiger partial charge on any atom is -0.444 e. The molecular formula is C31H48ClN3O6. The SMILES string of the molecule is CC(C)[C@H](C=O)N(C(=O)[C@@H]1CCC(CCO)(NC(=O)OC(C)(C)C)C1)N1CC[C@](O)(c2ccc(Cl)cc2)C(C)(C)C1. The third-order valence-electron chi connectivity index (χ3n) is 8.70. The smallest absolute Gasteiger partial charge is 0.408 e. The van der Waals surface area contributed by atoms with Crippen LogP contribution < -0.4 is 5.32 Å². The largest absolute Gasteiger partial charge is 0.444 e. The Kier molecular flexibility index (Phi) is 10.2. The van der Waals surface area contributed by atoms with Gasteiger partial charge in [-0.05, 0) is 76.5 Å². The summed E-state index contributed by atoms with van der Waals surface area (Å²) in [5.74, 6) is -0.785. The molecule has 1 saturated heterocycles. The summed E-state index contributed by atoms with van der Waals surface area (Å²) < 4.78 is 5.47. The second-order valence-corrected chi connectivity index (χ2v) is 14.2. The number of piperidine rings is 1. The van der Waals surface area contributed by atoms with E-state index in [-0.39, 0.29) is 18.4 Å². The minimum absolute atomic E-state index is 0.139. The lowest BCUT2D eigenvalue weighted by Gasteiger charge is -2.54. The van der Waals surface area contributed by atoms with Crippen LogP contribution in [0.5, 0.6) is 0 Å². The normalized spacial score (nSPS) is 27.3. The van der Waals surface area contributed by atoms with Crippen molar-refractivity contribution in [1.29, 1.82) is 0 Å². The van der Waals surface area contributed by atoms with Gasteiger partial charge in [0.2, 0.25) is 5.91 Å². The molecule has 2 amide bonds. The first-order valence-corrected chi connectivity index (χ1v) is 15.0. The number of aliphatic hydroxyl groups is 2. The summed E-state index contributed by atoms with van der Waals surface area (Å²) in [7, 11) is 0. The molecule has 1 saturated carbocycles. The predicted octanol–water partition coefficient (Wildman–Crippen LogP) is 4.67. The van der Waals surface area contributed by atoms with Gasteiger partial charge in [0.15, 0.2) is 0 Å². The van der Waals surface area contributed by atoms with Gasteiger partial charge in [-0.3, -0.25) is 9.80 Å². The van der Waals surface area contributed by atoms with Crippen LogP contribution in [0.1, 0.15) is 86.1 Å². The number of halogens is 1. The molecule has 1 aromatic carbocycles. The lowest BCUT2D eigenvalue weighted by Crippen LogP contribution is -2.64. The number of hydrazine groups is 1. The maximum atomic E-state index is 14.3. The maximum Gasteiger partial charge on any atom is 0.408 e. The van der Waals surface area contributed by atoms with E-state index in [1.807, 2.05) is 44.8 Å². The van der Waals surface area contributed by atoms with Gasteiger partial charge >= 0.3 is 6.09 Å². The number of ether oxygens (including phenoxy) is 1. The van der Waals surface area contributed by atoms with E-state index in [0.717, 1.165) is 11.8 Å². The summed E-state index contributed by atoms with van der Waals surface area (Å²) in [4.78, 5) is 39.4. The summed E-state index contributed by atoms with van der Waals surface area (Å²) >= 11 is 6.09. The van der Waals surface area contributed by atoms with Gasteiger partial charge in [-0.15, -0.1) is 0 Å². The average Bonchev–Trinajstić information content (AvgIpc) is 3.26. The number of carbonyl (C=O) groups excluding carboxylic acids is 3. The summed E-state index contributed by atoms with van der Waals surface area (Å²) in [5.41, 5.74) is -2.53. The molecule has 3 rings (SSSR count). The topological polar surface area (TPSA) is 119 Å². The lowest BCUT2D eigenvalue weighted by molar-refractivity contribution is -0.198. The predicted molar refractivity (Wildman–Crippen MR) is 158 cm³/mol. The Labute approximate surface area is 249 Å². The number of rotatable bonds is 9. The fourth-order valence-electron chi connectivity index (χ4n) is 6.37. The van der Waals surface area contributed by atoms with E-state index in [4.69, 9.17) is 16.3 Å². The Morgan fingerprint density at radius 2 is 1.85 bits per heavy atom. The van der Waals surface area contributed by atoms with Crippen molar-refractivity contribution in [2.24, 2.45) is 17.3 Å². The van der Waals surface area contributed by atoms with Gasteiger partial charge in [0, 0.05) is 41.6 Å². The second-order valence-electron chi connectivity index (χ2n) is 13.8. The maximum absolute atomic E-state index is 14.3. The highest BCUT2D eigenvalue weighted by molar-refractivity contribution is 6.30. The fraction of sp³-hybridized carbons (Fsp3) is 0.710. The molecule has 2 fully saturated rings. The zero-order valence-corrected chi connectivity index (χ0v) is 26.3. The van der Waals surface area contributed by atoms with Crippen molar-refractivity contribution < 1.29 is 29.3 Å². The molecule has 1 heterocycles. The highest BCUT2D eigenvalue weighted by Crippen LogP contribution is 2.47. The van der Waals surface area contributed by atoms with Crippen LogP contribution in [0, 0.1) is 17.3 Å². The van der Waals surface area contributed by atoms with Crippen molar-refractivity contribution in [3.63, 3.8) is 0 Å². The molecule has 0 bridgehead atoms. The molecule has 1 unspecified atom stereocenters. The Balaban J connectivity index is 1.87. The molecule has 10 heteroatoms. The van der Waals surface area contributed by atoms with Gasteiger partial charge in [-0.2, -0.15) is 0 Å². The van der Waals surface area contributed by atoms with E-state index in [9.17, 15) is 24.6 Å². The molecule has 9 nitrogen and oxygen atoms in total. The fourth-order valence-corrected chi connectivity index (χ4v) is 6.50. The molecule has 41 heavy (non-hydrogen) atoms. The van der Waals surface area contributed by atoms with E-state index in [0.29, 0.717) is 50.2 Å². The molecule has 0 radical (unpaired) electrons. The van der Waals surface area contributed by atoms with Gasteiger partial charge in [-0.25, -0.2) is 9.80 Å². The monoisotopic (exact) mass is 593 g/mol. The summed E-state index contributed by atoms with van der Waals surface area (Å²) in [6, 6.07) is 6.51. The number of nitrogens with zero attached hydrogens (tertiary/aromatic N) is 2. The summed E-state index contributed by atoms with van der Waals surface area (Å²) in [6.45, 7) is 13.7. The molecule has 230 valence electrons. The molecular weight excluding hydrogens is 546 g/mol.